The second-order valence-corrected chi connectivity index (χ2v) is 4.73. The molecule has 106 valence electrons. The van der Waals surface area contributed by atoms with Gasteiger partial charge in [0.05, 0.1) is 24.5 Å². The highest BCUT2D eigenvalue weighted by molar-refractivity contribution is 5.15. The molecule has 1 atom stereocenters. The first-order valence-electron chi connectivity index (χ1n) is 6.52. The van der Waals surface area contributed by atoms with E-state index in [0.717, 1.165) is 17.8 Å². The van der Waals surface area contributed by atoms with Crippen LogP contribution in [0.2, 0.25) is 0 Å². The zero-order chi connectivity index (χ0) is 13.8. The molecule has 0 saturated carbocycles. The van der Waals surface area contributed by atoms with Gasteiger partial charge in [0.15, 0.2) is 0 Å². The van der Waals surface area contributed by atoms with Gasteiger partial charge in [-0.3, -0.25) is 4.84 Å². The second-order valence-electron chi connectivity index (χ2n) is 4.73. The van der Waals surface area contributed by atoms with Gasteiger partial charge in [0.2, 0.25) is 0 Å². The third kappa shape index (κ3) is 3.19. The van der Waals surface area contributed by atoms with E-state index >= 15 is 0 Å². The van der Waals surface area contributed by atoms with Gasteiger partial charge in [-0.2, -0.15) is 0 Å². The normalized spacial score (nSPS) is 18.6. The lowest BCUT2D eigenvalue weighted by Gasteiger charge is -2.04. The minimum Gasteiger partial charge on any atom is -0.307 e. The van der Waals surface area contributed by atoms with Crippen LogP contribution in [0.4, 0.5) is 4.39 Å². The summed E-state index contributed by atoms with van der Waals surface area (Å²) >= 11 is 0. The predicted molar refractivity (Wildman–Crippen MR) is 70.0 cm³/mol. The number of halogens is 1. The van der Waals surface area contributed by atoms with E-state index in [4.69, 9.17) is 4.84 Å². The first-order valence-corrected chi connectivity index (χ1v) is 6.52. The number of nitrogens with zero attached hydrogens (tertiary/aromatic N) is 3. The zero-order valence-electron chi connectivity index (χ0n) is 10.9. The molecule has 1 fully saturated rings. The monoisotopic (exact) mass is 277 g/mol. The van der Waals surface area contributed by atoms with E-state index in [2.05, 4.69) is 21.1 Å². The number of aromatic nitrogens is 3. The molecule has 6 nitrogen and oxygen atoms in total. The summed E-state index contributed by atoms with van der Waals surface area (Å²) in [5, 5.41) is 11.5. The highest BCUT2D eigenvalue weighted by atomic mass is 19.1. The fourth-order valence-electron chi connectivity index (χ4n) is 2.05. The van der Waals surface area contributed by atoms with Crippen LogP contribution in [0.1, 0.15) is 17.3 Å². The topological polar surface area (TPSA) is 64.0 Å². The third-order valence-electron chi connectivity index (χ3n) is 3.18. The Balaban J connectivity index is 1.49. The molecule has 0 bridgehead atoms. The van der Waals surface area contributed by atoms with Gasteiger partial charge in [0.1, 0.15) is 5.82 Å². The molecule has 0 spiro atoms. The Hall–Kier alpha value is -1.83. The molecule has 1 aromatic carbocycles. The summed E-state index contributed by atoms with van der Waals surface area (Å²) in [6.45, 7) is 2.64. The standard InChI is InChI=1S/C13H16FN5O/c14-11-3-1-10(2-4-11)5-15-6-12-8-19(18-17-12)13-7-16-20-9-13/h1-4,8,13,15-16H,5-7,9H2/t13-/m0/s1. The van der Waals surface area contributed by atoms with Crippen molar-refractivity contribution < 1.29 is 9.23 Å². The lowest BCUT2D eigenvalue weighted by molar-refractivity contribution is 0.0968. The highest BCUT2D eigenvalue weighted by Crippen LogP contribution is 2.09. The van der Waals surface area contributed by atoms with Crippen LogP contribution in [0.5, 0.6) is 0 Å². The van der Waals surface area contributed by atoms with Crippen LogP contribution in [0.15, 0.2) is 30.5 Å². The molecular formula is C13H16FN5O. The van der Waals surface area contributed by atoms with E-state index in [0.29, 0.717) is 19.7 Å². The van der Waals surface area contributed by atoms with Crippen molar-refractivity contribution in [2.45, 2.75) is 19.1 Å². The van der Waals surface area contributed by atoms with Crippen molar-refractivity contribution in [3.8, 4) is 0 Å². The van der Waals surface area contributed by atoms with Crippen molar-refractivity contribution in [3.63, 3.8) is 0 Å². The van der Waals surface area contributed by atoms with E-state index in [1.165, 1.54) is 12.1 Å². The minimum absolute atomic E-state index is 0.202. The molecule has 0 amide bonds. The molecule has 3 rings (SSSR count). The summed E-state index contributed by atoms with van der Waals surface area (Å²) in [6, 6.07) is 6.65. The van der Waals surface area contributed by atoms with Crippen molar-refractivity contribution in [2.24, 2.45) is 0 Å². The third-order valence-corrected chi connectivity index (χ3v) is 3.18. The van der Waals surface area contributed by atoms with Gasteiger partial charge < -0.3 is 5.32 Å². The van der Waals surface area contributed by atoms with Gasteiger partial charge in [-0.05, 0) is 17.7 Å². The maximum atomic E-state index is 12.8. The lowest BCUT2D eigenvalue weighted by Crippen LogP contribution is -2.15. The second kappa shape index (κ2) is 6.08. The van der Waals surface area contributed by atoms with Crippen molar-refractivity contribution in [1.82, 2.24) is 25.8 Å². The van der Waals surface area contributed by atoms with Crippen LogP contribution in [-0.2, 0) is 17.9 Å². The molecule has 2 N–H and O–H groups in total. The number of benzene rings is 1. The zero-order valence-corrected chi connectivity index (χ0v) is 10.9. The number of hydrogen-bond acceptors (Lipinski definition) is 5. The summed E-state index contributed by atoms with van der Waals surface area (Å²) in [7, 11) is 0. The van der Waals surface area contributed by atoms with Crippen molar-refractivity contribution in [2.75, 3.05) is 13.2 Å². The quantitative estimate of drug-likeness (QED) is 0.845. The summed E-state index contributed by atoms with van der Waals surface area (Å²) < 4.78 is 14.6. The largest absolute Gasteiger partial charge is 0.307 e. The van der Waals surface area contributed by atoms with Gasteiger partial charge in [-0.15, -0.1) is 5.10 Å². The Morgan fingerprint density at radius 1 is 1.35 bits per heavy atom. The van der Waals surface area contributed by atoms with E-state index in [-0.39, 0.29) is 11.9 Å². The minimum atomic E-state index is -0.218. The molecule has 7 heteroatoms. The average Bonchev–Trinajstić information content (AvgIpc) is 3.11. The summed E-state index contributed by atoms with van der Waals surface area (Å²) in [4.78, 5) is 5.08. The first-order chi connectivity index (χ1) is 9.81. The Bertz CT molecular complexity index is 550. The average molecular weight is 277 g/mol. The summed E-state index contributed by atoms with van der Waals surface area (Å²) in [5.74, 6) is -0.218. The number of nitrogens with one attached hydrogen (secondary N) is 2. The highest BCUT2D eigenvalue weighted by Gasteiger charge is 2.18. The molecule has 1 saturated heterocycles. The van der Waals surface area contributed by atoms with E-state index in [1.54, 1.807) is 12.1 Å². The molecule has 0 unspecified atom stereocenters. The molecule has 2 aromatic rings. The molecule has 0 aliphatic carbocycles. The van der Waals surface area contributed by atoms with Gasteiger partial charge in [0.25, 0.3) is 0 Å². The van der Waals surface area contributed by atoms with Crippen LogP contribution in [-0.4, -0.2) is 28.1 Å². The Kier molecular flexibility index (Phi) is 4.00. The van der Waals surface area contributed by atoms with Gasteiger partial charge in [-0.1, -0.05) is 17.3 Å². The van der Waals surface area contributed by atoms with Crippen LogP contribution >= 0.6 is 0 Å². The SMILES string of the molecule is Fc1ccc(CNCc2cn([C@H]3CNOC3)nn2)cc1. The molecule has 20 heavy (non-hydrogen) atoms. The predicted octanol–water partition coefficient (Wildman–Crippen LogP) is 0.783. The molecule has 1 aliphatic rings. The smallest absolute Gasteiger partial charge is 0.123 e. The first kappa shape index (κ1) is 13.2. The molecule has 0 radical (unpaired) electrons. The molecule has 1 aromatic heterocycles. The van der Waals surface area contributed by atoms with Gasteiger partial charge in [-0.25, -0.2) is 14.6 Å². The van der Waals surface area contributed by atoms with Crippen molar-refractivity contribution in [1.29, 1.82) is 0 Å². The van der Waals surface area contributed by atoms with E-state index < -0.39 is 0 Å². The van der Waals surface area contributed by atoms with Gasteiger partial charge >= 0.3 is 0 Å². The summed E-state index contributed by atoms with van der Waals surface area (Å²) in [6.07, 6.45) is 1.92. The van der Waals surface area contributed by atoms with Crippen LogP contribution in [0.25, 0.3) is 0 Å². The van der Waals surface area contributed by atoms with Crippen LogP contribution in [0, 0.1) is 5.82 Å². The number of hydrogen-bond donors (Lipinski definition) is 2. The molecular weight excluding hydrogens is 261 g/mol. The van der Waals surface area contributed by atoms with Crippen molar-refractivity contribution in [3.05, 3.63) is 47.5 Å². The van der Waals surface area contributed by atoms with Crippen LogP contribution < -0.4 is 10.8 Å². The lowest BCUT2D eigenvalue weighted by atomic mass is 10.2. The van der Waals surface area contributed by atoms with Gasteiger partial charge in [0, 0.05) is 19.6 Å². The molecule has 2 heterocycles. The summed E-state index contributed by atoms with van der Waals surface area (Å²) in [5.41, 5.74) is 4.72. The van der Waals surface area contributed by atoms with Crippen LogP contribution in [0.3, 0.4) is 0 Å². The van der Waals surface area contributed by atoms with E-state index in [1.807, 2.05) is 10.9 Å². The fraction of sp³-hybridized carbons (Fsp3) is 0.385. The maximum Gasteiger partial charge on any atom is 0.123 e. The number of rotatable bonds is 5. The maximum absolute atomic E-state index is 12.8. The molecule has 1 aliphatic heterocycles. The Morgan fingerprint density at radius 3 is 2.95 bits per heavy atom. The number of hydroxylamine groups is 1. The fourth-order valence-corrected chi connectivity index (χ4v) is 2.05. The van der Waals surface area contributed by atoms with Crippen molar-refractivity contribution >= 4 is 0 Å². The van der Waals surface area contributed by atoms with E-state index in [9.17, 15) is 4.39 Å². The Labute approximate surface area is 115 Å². The Morgan fingerprint density at radius 2 is 2.20 bits per heavy atom.